The lowest BCUT2D eigenvalue weighted by molar-refractivity contribution is -0.119. The van der Waals surface area contributed by atoms with Gasteiger partial charge in [0.2, 0.25) is 0 Å². The van der Waals surface area contributed by atoms with E-state index in [2.05, 4.69) is 15.8 Å². The number of benzene rings is 3. The van der Waals surface area contributed by atoms with E-state index in [1.54, 1.807) is 6.07 Å². The first-order valence-electron chi connectivity index (χ1n) is 9.50. The molecule has 0 fully saturated rings. The van der Waals surface area contributed by atoms with E-state index < -0.39 is 0 Å². The van der Waals surface area contributed by atoms with Crippen LogP contribution in [0.5, 0.6) is 0 Å². The van der Waals surface area contributed by atoms with Crippen LogP contribution in [0.2, 0.25) is 5.02 Å². The molecule has 1 heterocycles. The second-order valence-electron chi connectivity index (χ2n) is 6.84. The van der Waals surface area contributed by atoms with Crippen molar-refractivity contribution in [3.8, 4) is 11.3 Å². The molecule has 1 aromatic heterocycles. The molecule has 0 aliphatic carbocycles. The highest BCUT2D eigenvalue weighted by Crippen LogP contribution is 2.26. The third-order valence-electron chi connectivity index (χ3n) is 4.69. The van der Waals surface area contributed by atoms with E-state index in [-0.39, 0.29) is 12.5 Å². The van der Waals surface area contributed by atoms with Crippen molar-refractivity contribution < 1.29 is 9.21 Å². The zero-order valence-electron chi connectivity index (χ0n) is 16.4. The average Bonchev–Trinajstić information content (AvgIpc) is 3.23. The van der Waals surface area contributed by atoms with Crippen molar-refractivity contribution in [2.45, 2.75) is 6.92 Å². The van der Waals surface area contributed by atoms with Crippen LogP contribution in [0.15, 0.2) is 82.3 Å². The van der Waals surface area contributed by atoms with Crippen LogP contribution in [0.25, 0.3) is 22.1 Å². The van der Waals surface area contributed by atoms with Gasteiger partial charge in [0.1, 0.15) is 11.5 Å². The van der Waals surface area contributed by atoms with Gasteiger partial charge in [-0.05, 0) is 42.1 Å². The molecule has 5 nitrogen and oxygen atoms in total. The van der Waals surface area contributed by atoms with E-state index >= 15 is 0 Å². The molecular formula is C24H20ClN3O2. The predicted molar refractivity (Wildman–Crippen MR) is 122 cm³/mol. The van der Waals surface area contributed by atoms with Crippen LogP contribution in [0, 0.1) is 6.92 Å². The van der Waals surface area contributed by atoms with E-state index in [1.807, 2.05) is 73.7 Å². The molecule has 0 atom stereocenters. The van der Waals surface area contributed by atoms with Gasteiger partial charge in [-0.3, -0.25) is 4.79 Å². The van der Waals surface area contributed by atoms with Gasteiger partial charge in [-0.25, -0.2) is 5.43 Å². The number of hydrazone groups is 1. The minimum absolute atomic E-state index is 0.108. The standard InChI is InChI=1S/C24H20ClN3O2/c1-16-9-10-18(13-21(16)25)23-12-11-19(30-23)14-27-28-24(29)15-26-22-8-4-6-17-5-2-3-7-20(17)22/h2-14,26H,15H2,1H3,(H,28,29)/b27-14-. The molecule has 0 aliphatic heterocycles. The van der Waals surface area contributed by atoms with Crippen LogP contribution in [0.3, 0.4) is 0 Å². The average molecular weight is 418 g/mol. The Morgan fingerprint density at radius 2 is 1.90 bits per heavy atom. The summed E-state index contributed by atoms with van der Waals surface area (Å²) >= 11 is 6.17. The summed E-state index contributed by atoms with van der Waals surface area (Å²) in [6.45, 7) is 2.06. The molecule has 4 aromatic rings. The number of anilines is 1. The van der Waals surface area contributed by atoms with Crippen molar-refractivity contribution in [3.63, 3.8) is 0 Å². The molecular weight excluding hydrogens is 398 g/mol. The minimum atomic E-state index is -0.253. The van der Waals surface area contributed by atoms with Gasteiger partial charge >= 0.3 is 0 Å². The molecule has 2 N–H and O–H groups in total. The van der Waals surface area contributed by atoms with E-state index in [4.69, 9.17) is 16.0 Å². The smallest absolute Gasteiger partial charge is 0.259 e. The van der Waals surface area contributed by atoms with Gasteiger partial charge in [-0.15, -0.1) is 0 Å². The predicted octanol–water partition coefficient (Wildman–Crippen LogP) is 5.62. The Bertz CT molecular complexity index is 1220. The molecule has 0 bridgehead atoms. The first-order chi connectivity index (χ1) is 14.6. The molecule has 0 radical (unpaired) electrons. The number of hydrogen-bond acceptors (Lipinski definition) is 4. The van der Waals surface area contributed by atoms with Crippen molar-refractivity contribution in [2.75, 3.05) is 11.9 Å². The van der Waals surface area contributed by atoms with Crippen LogP contribution in [-0.2, 0) is 4.79 Å². The Morgan fingerprint density at radius 3 is 2.77 bits per heavy atom. The molecule has 150 valence electrons. The van der Waals surface area contributed by atoms with Crippen LogP contribution in [0.4, 0.5) is 5.69 Å². The van der Waals surface area contributed by atoms with Crippen molar-refractivity contribution >= 4 is 40.2 Å². The number of carbonyl (C=O) groups excluding carboxylic acids is 1. The van der Waals surface area contributed by atoms with Gasteiger partial charge in [-0.2, -0.15) is 5.10 Å². The second kappa shape index (κ2) is 8.84. The monoisotopic (exact) mass is 417 g/mol. The molecule has 0 unspecified atom stereocenters. The van der Waals surface area contributed by atoms with Crippen LogP contribution in [-0.4, -0.2) is 18.7 Å². The summed E-state index contributed by atoms with van der Waals surface area (Å²) in [6, 6.07) is 23.3. The molecule has 0 aliphatic rings. The maximum atomic E-state index is 12.1. The number of furan rings is 1. The summed E-state index contributed by atoms with van der Waals surface area (Å²) in [5.74, 6) is 0.961. The fourth-order valence-electron chi connectivity index (χ4n) is 3.09. The summed E-state index contributed by atoms with van der Waals surface area (Å²) in [7, 11) is 0. The Labute approximate surface area is 179 Å². The lowest BCUT2D eigenvalue weighted by Gasteiger charge is -2.08. The van der Waals surface area contributed by atoms with Crippen molar-refractivity contribution in [2.24, 2.45) is 5.10 Å². The first-order valence-corrected chi connectivity index (χ1v) is 9.88. The lowest BCUT2D eigenvalue weighted by Crippen LogP contribution is -2.25. The third-order valence-corrected chi connectivity index (χ3v) is 5.10. The number of aryl methyl sites for hydroxylation is 1. The van der Waals surface area contributed by atoms with Crippen LogP contribution in [0.1, 0.15) is 11.3 Å². The SMILES string of the molecule is Cc1ccc(-c2ccc(/C=N\NC(=O)CNc3cccc4ccccc34)o2)cc1Cl. The van der Waals surface area contributed by atoms with Gasteiger partial charge in [0.05, 0.1) is 12.8 Å². The first kappa shape index (κ1) is 19.7. The molecule has 0 saturated heterocycles. The molecule has 0 spiro atoms. The molecule has 3 aromatic carbocycles. The Kier molecular flexibility index (Phi) is 5.82. The Hall–Kier alpha value is -3.57. The van der Waals surface area contributed by atoms with Crippen molar-refractivity contribution in [1.29, 1.82) is 0 Å². The molecule has 30 heavy (non-hydrogen) atoms. The van der Waals surface area contributed by atoms with Crippen molar-refractivity contribution in [1.82, 2.24) is 5.43 Å². The highest BCUT2D eigenvalue weighted by Gasteiger charge is 2.06. The zero-order chi connectivity index (χ0) is 20.9. The fraction of sp³-hybridized carbons (Fsp3) is 0.0833. The van der Waals surface area contributed by atoms with E-state index in [9.17, 15) is 4.79 Å². The summed E-state index contributed by atoms with van der Waals surface area (Å²) in [4.78, 5) is 12.1. The normalized spacial score (nSPS) is 11.1. The van der Waals surface area contributed by atoms with Gasteiger partial charge in [0, 0.05) is 21.7 Å². The molecule has 0 saturated carbocycles. The number of halogens is 1. The third kappa shape index (κ3) is 4.53. The molecule has 1 amide bonds. The summed E-state index contributed by atoms with van der Waals surface area (Å²) in [6.07, 6.45) is 1.47. The van der Waals surface area contributed by atoms with Gasteiger partial charge in [-0.1, -0.05) is 60.1 Å². The number of amides is 1. The van der Waals surface area contributed by atoms with Crippen LogP contribution >= 0.6 is 11.6 Å². The van der Waals surface area contributed by atoms with Gasteiger partial charge < -0.3 is 9.73 Å². The molecule has 6 heteroatoms. The summed E-state index contributed by atoms with van der Waals surface area (Å²) in [5.41, 5.74) is 5.30. The quantitative estimate of drug-likeness (QED) is 0.316. The summed E-state index contributed by atoms with van der Waals surface area (Å²) in [5, 5.41) is 9.99. The number of nitrogens with zero attached hydrogens (tertiary/aromatic N) is 1. The number of rotatable bonds is 6. The van der Waals surface area contributed by atoms with E-state index in [0.717, 1.165) is 27.6 Å². The number of fused-ring (bicyclic) bond motifs is 1. The Morgan fingerprint density at radius 1 is 1.07 bits per heavy atom. The lowest BCUT2D eigenvalue weighted by atomic mass is 10.1. The largest absolute Gasteiger partial charge is 0.455 e. The zero-order valence-corrected chi connectivity index (χ0v) is 17.1. The highest BCUT2D eigenvalue weighted by molar-refractivity contribution is 6.31. The molecule has 4 rings (SSSR count). The van der Waals surface area contributed by atoms with Gasteiger partial charge in [0.15, 0.2) is 0 Å². The summed E-state index contributed by atoms with van der Waals surface area (Å²) < 4.78 is 5.75. The second-order valence-corrected chi connectivity index (χ2v) is 7.25. The van der Waals surface area contributed by atoms with E-state index in [0.29, 0.717) is 16.5 Å². The Balaban J connectivity index is 1.34. The minimum Gasteiger partial charge on any atom is -0.455 e. The van der Waals surface area contributed by atoms with Gasteiger partial charge in [0.25, 0.3) is 5.91 Å². The number of hydrogen-bond donors (Lipinski definition) is 2. The number of carbonyl (C=O) groups is 1. The van der Waals surface area contributed by atoms with E-state index in [1.165, 1.54) is 6.21 Å². The van der Waals surface area contributed by atoms with Crippen LogP contribution < -0.4 is 10.7 Å². The highest BCUT2D eigenvalue weighted by atomic mass is 35.5. The number of nitrogens with one attached hydrogen (secondary N) is 2. The topological polar surface area (TPSA) is 66.6 Å². The maximum Gasteiger partial charge on any atom is 0.259 e. The maximum absolute atomic E-state index is 12.1. The van der Waals surface area contributed by atoms with Crippen molar-refractivity contribution in [3.05, 3.63) is 89.1 Å². The fourth-order valence-corrected chi connectivity index (χ4v) is 3.27.